The summed E-state index contributed by atoms with van der Waals surface area (Å²) in [6.07, 6.45) is 1.76. The molecular formula is C18H18N2O2. The van der Waals surface area contributed by atoms with Gasteiger partial charge in [-0.1, -0.05) is 42.5 Å². The van der Waals surface area contributed by atoms with E-state index in [1.165, 1.54) is 0 Å². The highest BCUT2D eigenvalue weighted by atomic mass is 16.2. The van der Waals surface area contributed by atoms with Gasteiger partial charge < -0.3 is 10.2 Å². The van der Waals surface area contributed by atoms with E-state index in [4.69, 9.17) is 0 Å². The Morgan fingerprint density at radius 1 is 1.05 bits per heavy atom. The molecule has 1 fully saturated rings. The van der Waals surface area contributed by atoms with Crippen LogP contribution in [0.2, 0.25) is 0 Å². The van der Waals surface area contributed by atoms with Crippen LogP contribution in [0.15, 0.2) is 54.6 Å². The maximum atomic E-state index is 12.2. The van der Waals surface area contributed by atoms with Crippen molar-refractivity contribution in [3.8, 4) is 0 Å². The predicted octanol–water partition coefficient (Wildman–Crippen LogP) is 2.99. The monoisotopic (exact) mass is 294 g/mol. The summed E-state index contributed by atoms with van der Waals surface area (Å²) in [7, 11) is 0. The molecule has 0 unspecified atom stereocenters. The lowest BCUT2D eigenvalue weighted by molar-refractivity contribution is -0.117. The Balaban J connectivity index is 1.75. The number of para-hydroxylation sites is 2. The molecule has 1 aliphatic heterocycles. The van der Waals surface area contributed by atoms with Crippen LogP contribution in [0.25, 0.3) is 0 Å². The number of amides is 2. The van der Waals surface area contributed by atoms with Gasteiger partial charge in [0, 0.05) is 13.0 Å². The zero-order chi connectivity index (χ0) is 15.4. The second-order valence-corrected chi connectivity index (χ2v) is 5.38. The van der Waals surface area contributed by atoms with Crippen molar-refractivity contribution in [2.45, 2.75) is 19.3 Å². The zero-order valence-corrected chi connectivity index (χ0v) is 12.3. The van der Waals surface area contributed by atoms with E-state index in [9.17, 15) is 9.59 Å². The number of hydrogen-bond acceptors (Lipinski definition) is 2. The van der Waals surface area contributed by atoms with Crippen molar-refractivity contribution in [1.29, 1.82) is 0 Å². The van der Waals surface area contributed by atoms with Crippen molar-refractivity contribution in [3.05, 3.63) is 60.2 Å². The normalized spacial score (nSPS) is 14.2. The first-order valence-electron chi connectivity index (χ1n) is 7.47. The van der Waals surface area contributed by atoms with E-state index in [-0.39, 0.29) is 11.8 Å². The summed E-state index contributed by atoms with van der Waals surface area (Å²) in [6.45, 7) is 0.713. The molecule has 2 aromatic rings. The number of carbonyl (C=O) groups is 2. The number of anilines is 2. The minimum Gasteiger partial charge on any atom is -0.324 e. The lowest BCUT2D eigenvalue weighted by Gasteiger charge is -2.20. The predicted molar refractivity (Wildman–Crippen MR) is 86.8 cm³/mol. The molecule has 4 nitrogen and oxygen atoms in total. The van der Waals surface area contributed by atoms with Gasteiger partial charge in [-0.05, 0) is 24.1 Å². The standard InChI is InChI=1S/C18H18N2O2/c21-17(13-14-7-2-1-3-8-14)19-15-9-4-5-10-16(15)20-12-6-11-18(20)22/h1-5,7-10H,6,11-13H2,(H,19,21). The second kappa shape index (κ2) is 6.43. The summed E-state index contributed by atoms with van der Waals surface area (Å²) >= 11 is 0. The van der Waals surface area contributed by atoms with Crippen LogP contribution in [0.3, 0.4) is 0 Å². The van der Waals surface area contributed by atoms with Gasteiger partial charge in [0.05, 0.1) is 17.8 Å². The van der Waals surface area contributed by atoms with E-state index in [1.807, 2.05) is 54.6 Å². The molecule has 1 aliphatic rings. The molecule has 2 amide bonds. The van der Waals surface area contributed by atoms with E-state index in [1.54, 1.807) is 4.90 Å². The Labute approximate surface area is 129 Å². The summed E-state index contributed by atoms with van der Waals surface area (Å²) in [5.41, 5.74) is 2.44. The minimum absolute atomic E-state index is 0.0784. The van der Waals surface area contributed by atoms with E-state index >= 15 is 0 Å². The van der Waals surface area contributed by atoms with Crippen molar-refractivity contribution in [2.24, 2.45) is 0 Å². The highest BCUT2D eigenvalue weighted by Crippen LogP contribution is 2.29. The number of nitrogens with one attached hydrogen (secondary N) is 1. The van der Waals surface area contributed by atoms with Crippen molar-refractivity contribution >= 4 is 23.2 Å². The van der Waals surface area contributed by atoms with E-state index in [0.29, 0.717) is 25.1 Å². The molecule has 0 spiro atoms. The lowest BCUT2D eigenvalue weighted by Crippen LogP contribution is -2.25. The largest absolute Gasteiger partial charge is 0.324 e. The van der Waals surface area contributed by atoms with Gasteiger partial charge in [0.15, 0.2) is 0 Å². The van der Waals surface area contributed by atoms with Crippen LogP contribution in [0.5, 0.6) is 0 Å². The van der Waals surface area contributed by atoms with Gasteiger partial charge in [0.2, 0.25) is 11.8 Å². The third-order valence-electron chi connectivity index (χ3n) is 3.75. The number of benzene rings is 2. The molecule has 0 bridgehead atoms. The summed E-state index contributed by atoms with van der Waals surface area (Å²) in [6, 6.07) is 17.1. The molecule has 0 aromatic heterocycles. The van der Waals surface area contributed by atoms with Crippen molar-refractivity contribution in [2.75, 3.05) is 16.8 Å². The Kier molecular flexibility index (Phi) is 4.19. The lowest BCUT2D eigenvalue weighted by atomic mass is 10.1. The molecule has 112 valence electrons. The van der Waals surface area contributed by atoms with Crippen LogP contribution < -0.4 is 10.2 Å². The summed E-state index contributed by atoms with van der Waals surface area (Å²) < 4.78 is 0. The van der Waals surface area contributed by atoms with Crippen LogP contribution in [-0.2, 0) is 16.0 Å². The third kappa shape index (κ3) is 3.17. The average Bonchev–Trinajstić information content (AvgIpc) is 2.95. The van der Waals surface area contributed by atoms with Crippen LogP contribution in [-0.4, -0.2) is 18.4 Å². The topological polar surface area (TPSA) is 49.4 Å². The van der Waals surface area contributed by atoms with Gasteiger partial charge >= 0.3 is 0 Å². The molecule has 1 heterocycles. The van der Waals surface area contributed by atoms with Gasteiger partial charge in [0.25, 0.3) is 0 Å². The fraction of sp³-hybridized carbons (Fsp3) is 0.222. The quantitative estimate of drug-likeness (QED) is 0.942. The highest BCUT2D eigenvalue weighted by molar-refractivity contribution is 6.02. The molecule has 1 N–H and O–H groups in total. The summed E-state index contributed by atoms with van der Waals surface area (Å²) in [5, 5.41) is 2.92. The fourth-order valence-corrected chi connectivity index (χ4v) is 2.69. The van der Waals surface area contributed by atoms with Crippen molar-refractivity contribution in [3.63, 3.8) is 0 Å². The molecule has 0 radical (unpaired) electrons. The first-order valence-corrected chi connectivity index (χ1v) is 7.47. The second-order valence-electron chi connectivity index (χ2n) is 5.38. The summed E-state index contributed by atoms with van der Waals surface area (Å²) in [5.74, 6) is 0.0371. The van der Waals surface area contributed by atoms with Crippen molar-refractivity contribution in [1.82, 2.24) is 0 Å². The molecule has 2 aromatic carbocycles. The van der Waals surface area contributed by atoms with E-state index in [0.717, 1.165) is 17.7 Å². The van der Waals surface area contributed by atoms with Crippen LogP contribution >= 0.6 is 0 Å². The molecule has 0 aliphatic carbocycles. The smallest absolute Gasteiger partial charge is 0.228 e. The Morgan fingerprint density at radius 3 is 2.50 bits per heavy atom. The number of carbonyl (C=O) groups excluding carboxylic acids is 2. The minimum atomic E-state index is -0.0784. The highest BCUT2D eigenvalue weighted by Gasteiger charge is 2.24. The Bertz CT molecular complexity index is 682. The molecule has 1 saturated heterocycles. The maximum Gasteiger partial charge on any atom is 0.228 e. The first kappa shape index (κ1) is 14.3. The zero-order valence-electron chi connectivity index (χ0n) is 12.3. The van der Waals surface area contributed by atoms with Gasteiger partial charge in [-0.25, -0.2) is 0 Å². The number of hydrogen-bond donors (Lipinski definition) is 1. The Morgan fingerprint density at radius 2 is 1.77 bits per heavy atom. The molecular weight excluding hydrogens is 276 g/mol. The van der Waals surface area contributed by atoms with Crippen LogP contribution in [0.4, 0.5) is 11.4 Å². The number of nitrogens with zero attached hydrogens (tertiary/aromatic N) is 1. The summed E-state index contributed by atoms with van der Waals surface area (Å²) in [4.78, 5) is 25.9. The van der Waals surface area contributed by atoms with Crippen LogP contribution in [0.1, 0.15) is 18.4 Å². The van der Waals surface area contributed by atoms with E-state index < -0.39 is 0 Å². The van der Waals surface area contributed by atoms with E-state index in [2.05, 4.69) is 5.32 Å². The molecule has 0 saturated carbocycles. The van der Waals surface area contributed by atoms with Gasteiger partial charge in [-0.3, -0.25) is 9.59 Å². The maximum absolute atomic E-state index is 12.2. The Hall–Kier alpha value is -2.62. The van der Waals surface area contributed by atoms with Gasteiger partial charge in [-0.15, -0.1) is 0 Å². The van der Waals surface area contributed by atoms with Gasteiger partial charge in [-0.2, -0.15) is 0 Å². The van der Waals surface area contributed by atoms with Crippen molar-refractivity contribution < 1.29 is 9.59 Å². The molecule has 0 atom stereocenters. The third-order valence-corrected chi connectivity index (χ3v) is 3.75. The van der Waals surface area contributed by atoms with Gasteiger partial charge in [0.1, 0.15) is 0 Å². The molecule has 3 rings (SSSR count). The SMILES string of the molecule is O=C(Cc1ccccc1)Nc1ccccc1N1CCCC1=O. The number of rotatable bonds is 4. The average molecular weight is 294 g/mol. The molecule has 22 heavy (non-hydrogen) atoms. The molecule has 4 heteroatoms. The van der Waals surface area contributed by atoms with Crippen LogP contribution in [0, 0.1) is 0 Å². The first-order chi connectivity index (χ1) is 10.7. The fourth-order valence-electron chi connectivity index (χ4n) is 2.69.